The molecular formula is C16H10ClFN4. The summed E-state index contributed by atoms with van der Waals surface area (Å²) in [5.74, 6) is -0.387. The molecule has 0 aliphatic rings. The van der Waals surface area contributed by atoms with Crippen molar-refractivity contribution in [1.29, 1.82) is 5.26 Å². The molecule has 0 aliphatic heterocycles. The summed E-state index contributed by atoms with van der Waals surface area (Å²) in [5, 5.41) is 17.8. The quantitative estimate of drug-likeness (QED) is 0.721. The summed E-state index contributed by atoms with van der Waals surface area (Å²) < 4.78 is 15.0. The van der Waals surface area contributed by atoms with E-state index in [1.807, 2.05) is 13.0 Å². The average Bonchev–Trinajstić information content (AvgIpc) is 2.91. The van der Waals surface area contributed by atoms with Crippen molar-refractivity contribution in [2.24, 2.45) is 0 Å². The molecule has 108 valence electrons. The molecular weight excluding hydrogens is 303 g/mol. The number of benzene rings is 2. The van der Waals surface area contributed by atoms with Gasteiger partial charge in [0.05, 0.1) is 5.69 Å². The number of aromatic nitrogens is 3. The molecule has 1 heterocycles. The van der Waals surface area contributed by atoms with Crippen LogP contribution in [0.3, 0.4) is 0 Å². The Morgan fingerprint density at radius 3 is 2.73 bits per heavy atom. The number of halogens is 2. The average molecular weight is 313 g/mol. The summed E-state index contributed by atoms with van der Waals surface area (Å²) in [6.07, 6.45) is 0. The molecule has 2 aromatic carbocycles. The Kier molecular flexibility index (Phi) is 3.61. The Balaban J connectivity index is 2.26. The van der Waals surface area contributed by atoms with Gasteiger partial charge in [-0.1, -0.05) is 28.9 Å². The minimum atomic E-state index is -0.387. The first kappa shape index (κ1) is 14.2. The lowest BCUT2D eigenvalue weighted by Gasteiger charge is -2.10. The van der Waals surface area contributed by atoms with E-state index in [1.54, 1.807) is 30.3 Å². The van der Waals surface area contributed by atoms with Crippen LogP contribution >= 0.6 is 11.6 Å². The van der Waals surface area contributed by atoms with Crippen molar-refractivity contribution in [2.75, 3.05) is 0 Å². The minimum absolute atomic E-state index is 0.139. The second kappa shape index (κ2) is 5.58. The van der Waals surface area contributed by atoms with Crippen LogP contribution in [0, 0.1) is 24.1 Å². The molecule has 6 heteroatoms. The molecule has 3 aromatic rings. The summed E-state index contributed by atoms with van der Waals surface area (Å²) in [6, 6.07) is 13.3. The van der Waals surface area contributed by atoms with Crippen LogP contribution in [0.25, 0.3) is 16.9 Å². The van der Waals surface area contributed by atoms with Crippen molar-refractivity contribution < 1.29 is 4.39 Å². The van der Waals surface area contributed by atoms with Crippen molar-refractivity contribution in [2.45, 2.75) is 6.92 Å². The molecule has 0 atom stereocenters. The molecule has 4 nitrogen and oxygen atoms in total. The summed E-state index contributed by atoms with van der Waals surface area (Å²) in [4.78, 5) is 0. The Hall–Kier alpha value is -2.71. The highest BCUT2D eigenvalue weighted by Gasteiger charge is 2.17. The maximum Gasteiger partial charge on any atom is 0.191 e. The topological polar surface area (TPSA) is 54.5 Å². The molecule has 0 aliphatic carbocycles. The van der Waals surface area contributed by atoms with E-state index in [0.29, 0.717) is 16.3 Å². The van der Waals surface area contributed by atoms with Crippen LogP contribution in [0.5, 0.6) is 0 Å². The predicted molar refractivity (Wildman–Crippen MR) is 81.2 cm³/mol. The van der Waals surface area contributed by atoms with Gasteiger partial charge < -0.3 is 0 Å². The third-order valence-electron chi connectivity index (χ3n) is 3.26. The molecule has 0 spiro atoms. The van der Waals surface area contributed by atoms with E-state index in [4.69, 9.17) is 11.6 Å². The van der Waals surface area contributed by atoms with Gasteiger partial charge in [-0.2, -0.15) is 5.26 Å². The highest BCUT2D eigenvalue weighted by Crippen LogP contribution is 2.27. The van der Waals surface area contributed by atoms with Crippen LogP contribution < -0.4 is 0 Å². The lowest BCUT2D eigenvalue weighted by molar-refractivity contribution is 0.628. The van der Waals surface area contributed by atoms with Crippen molar-refractivity contribution in [3.8, 4) is 23.0 Å². The predicted octanol–water partition coefficient (Wildman–Crippen LogP) is 3.91. The number of nitrogens with zero attached hydrogens (tertiary/aromatic N) is 4. The summed E-state index contributed by atoms with van der Waals surface area (Å²) in [7, 11) is 0. The number of hydrogen-bond acceptors (Lipinski definition) is 3. The maximum absolute atomic E-state index is 13.5. The zero-order valence-electron chi connectivity index (χ0n) is 11.6. The molecule has 0 fully saturated rings. The number of hydrogen-bond donors (Lipinski definition) is 0. The van der Waals surface area contributed by atoms with E-state index < -0.39 is 0 Å². The molecule has 0 saturated carbocycles. The van der Waals surface area contributed by atoms with E-state index in [9.17, 15) is 9.65 Å². The van der Waals surface area contributed by atoms with Crippen LogP contribution in [0.4, 0.5) is 4.39 Å². The lowest BCUT2D eigenvalue weighted by atomic mass is 10.1. The first-order valence-corrected chi connectivity index (χ1v) is 6.86. The fourth-order valence-electron chi connectivity index (χ4n) is 2.28. The summed E-state index contributed by atoms with van der Waals surface area (Å²) >= 11 is 5.97. The molecule has 0 radical (unpaired) electrons. The normalized spacial score (nSPS) is 10.5. The van der Waals surface area contributed by atoms with Gasteiger partial charge in [0.25, 0.3) is 0 Å². The van der Waals surface area contributed by atoms with Gasteiger partial charge in [0, 0.05) is 10.6 Å². The molecule has 0 saturated heterocycles. The van der Waals surface area contributed by atoms with Crippen LogP contribution in [-0.4, -0.2) is 15.0 Å². The lowest BCUT2D eigenvalue weighted by Crippen LogP contribution is -2.02. The van der Waals surface area contributed by atoms with Gasteiger partial charge >= 0.3 is 0 Å². The molecule has 0 bridgehead atoms. The second-order valence-corrected chi connectivity index (χ2v) is 5.19. The molecule has 0 N–H and O–H groups in total. The third kappa shape index (κ3) is 2.45. The molecule has 22 heavy (non-hydrogen) atoms. The monoisotopic (exact) mass is 312 g/mol. The number of aryl methyl sites for hydroxylation is 1. The van der Waals surface area contributed by atoms with E-state index in [1.165, 1.54) is 16.8 Å². The van der Waals surface area contributed by atoms with E-state index in [2.05, 4.69) is 10.3 Å². The van der Waals surface area contributed by atoms with Gasteiger partial charge in [-0.3, -0.25) is 0 Å². The Morgan fingerprint density at radius 1 is 1.23 bits per heavy atom. The first-order chi connectivity index (χ1) is 10.6. The van der Waals surface area contributed by atoms with Crippen LogP contribution in [-0.2, 0) is 0 Å². The molecule has 0 amide bonds. The molecule has 3 rings (SSSR count). The van der Waals surface area contributed by atoms with Gasteiger partial charge in [0.15, 0.2) is 5.69 Å². The fourth-order valence-corrected chi connectivity index (χ4v) is 2.50. The highest BCUT2D eigenvalue weighted by atomic mass is 35.5. The van der Waals surface area contributed by atoms with E-state index >= 15 is 0 Å². The van der Waals surface area contributed by atoms with Crippen molar-refractivity contribution >= 4 is 11.6 Å². The smallest absolute Gasteiger partial charge is 0.191 e. The molecule has 0 unspecified atom stereocenters. The van der Waals surface area contributed by atoms with Gasteiger partial charge in [-0.15, -0.1) is 5.10 Å². The fraction of sp³-hybridized carbons (Fsp3) is 0.0625. The summed E-state index contributed by atoms with van der Waals surface area (Å²) in [6.45, 7) is 1.88. The van der Waals surface area contributed by atoms with Crippen molar-refractivity contribution in [1.82, 2.24) is 15.0 Å². The Labute approximate surface area is 131 Å². The van der Waals surface area contributed by atoms with Crippen LogP contribution in [0.2, 0.25) is 5.02 Å². The first-order valence-electron chi connectivity index (χ1n) is 6.48. The summed E-state index contributed by atoms with van der Waals surface area (Å²) in [5.41, 5.74) is 2.74. The Bertz CT molecular complexity index is 895. The largest absolute Gasteiger partial charge is 0.211 e. The third-order valence-corrected chi connectivity index (χ3v) is 3.50. The minimum Gasteiger partial charge on any atom is -0.211 e. The van der Waals surface area contributed by atoms with Gasteiger partial charge in [-0.05, 0) is 42.8 Å². The van der Waals surface area contributed by atoms with Crippen LogP contribution in [0.15, 0.2) is 42.5 Å². The molecule has 1 aromatic heterocycles. The van der Waals surface area contributed by atoms with Crippen LogP contribution in [0.1, 0.15) is 11.3 Å². The van der Waals surface area contributed by atoms with Gasteiger partial charge in [0.1, 0.15) is 17.6 Å². The second-order valence-electron chi connectivity index (χ2n) is 4.75. The van der Waals surface area contributed by atoms with E-state index in [0.717, 1.165) is 11.3 Å². The maximum atomic E-state index is 13.5. The highest BCUT2D eigenvalue weighted by molar-refractivity contribution is 6.30. The Morgan fingerprint density at radius 2 is 2.05 bits per heavy atom. The van der Waals surface area contributed by atoms with Gasteiger partial charge in [-0.25, -0.2) is 9.07 Å². The van der Waals surface area contributed by atoms with Crippen molar-refractivity contribution in [3.63, 3.8) is 0 Å². The SMILES string of the molecule is Cc1cc(Cl)ccc1-n1nnc(C#N)c1-c1cccc(F)c1. The zero-order valence-corrected chi connectivity index (χ0v) is 12.3. The number of nitriles is 1. The van der Waals surface area contributed by atoms with Gasteiger partial charge in [0.2, 0.25) is 0 Å². The standard InChI is InChI=1S/C16H10ClFN4/c1-10-7-12(17)5-6-15(10)22-16(14(9-19)20-21-22)11-3-2-4-13(18)8-11/h2-8H,1H3. The van der Waals surface area contributed by atoms with Crippen molar-refractivity contribution in [3.05, 3.63) is 64.6 Å². The zero-order chi connectivity index (χ0) is 15.7. The van der Waals surface area contributed by atoms with E-state index in [-0.39, 0.29) is 11.5 Å². The number of rotatable bonds is 2.